The smallest absolute Gasteiger partial charge is 0.248 e. The number of nitrogens with two attached hydrogens (primary N) is 1. The van der Waals surface area contributed by atoms with Crippen LogP contribution in [0.4, 0.5) is 10.1 Å². The third-order valence-electron chi connectivity index (χ3n) is 2.88. The van der Waals surface area contributed by atoms with Gasteiger partial charge in [-0.1, -0.05) is 6.07 Å². The average Bonchev–Trinajstić information content (AvgIpc) is 2.46. The van der Waals surface area contributed by atoms with Gasteiger partial charge in [-0.15, -0.1) is 11.8 Å². The number of carbonyl (C=O) groups is 1. The number of halogens is 1. The Morgan fingerprint density at radius 2 is 2.10 bits per heavy atom. The number of rotatable bonds is 5. The first kappa shape index (κ1) is 14.4. The maximum atomic E-state index is 13.7. The van der Waals surface area contributed by atoms with E-state index in [4.69, 9.17) is 5.73 Å². The van der Waals surface area contributed by atoms with Crippen LogP contribution in [0, 0.1) is 5.82 Å². The minimum atomic E-state index is -0.560. The Hall–Kier alpha value is -2.01. The normalized spacial score (nSPS) is 10.3. The first-order chi connectivity index (χ1) is 9.60. The highest BCUT2D eigenvalue weighted by atomic mass is 32.2. The molecule has 0 aliphatic rings. The largest absolute Gasteiger partial charge is 0.381 e. The Morgan fingerprint density at radius 3 is 2.80 bits per heavy atom. The molecule has 0 atom stereocenters. The molecule has 5 heteroatoms. The summed E-state index contributed by atoms with van der Waals surface area (Å²) in [5, 5.41) is 3.14. The summed E-state index contributed by atoms with van der Waals surface area (Å²) in [6.07, 6.45) is 2.00. The lowest BCUT2D eigenvalue weighted by Crippen LogP contribution is -2.12. The van der Waals surface area contributed by atoms with E-state index in [2.05, 4.69) is 5.32 Å². The zero-order valence-electron chi connectivity index (χ0n) is 11.0. The SMILES string of the molecule is CSc1cccc(NCc2cc(C(N)=O)ccc2F)c1. The molecule has 2 aromatic rings. The third kappa shape index (κ3) is 3.51. The summed E-state index contributed by atoms with van der Waals surface area (Å²) >= 11 is 1.64. The van der Waals surface area contributed by atoms with Gasteiger partial charge in [-0.25, -0.2) is 4.39 Å². The molecule has 0 fully saturated rings. The van der Waals surface area contributed by atoms with E-state index in [0.717, 1.165) is 10.6 Å². The van der Waals surface area contributed by atoms with Crippen LogP contribution in [0.25, 0.3) is 0 Å². The molecule has 0 aromatic heterocycles. The summed E-state index contributed by atoms with van der Waals surface area (Å²) < 4.78 is 13.7. The van der Waals surface area contributed by atoms with Gasteiger partial charge in [0.15, 0.2) is 0 Å². The summed E-state index contributed by atoms with van der Waals surface area (Å²) in [7, 11) is 0. The fourth-order valence-electron chi connectivity index (χ4n) is 1.79. The summed E-state index contributed by atoms with van der Waals surface area (Å²) in [4.78, 5) is 12.2. The van der Waals surface area contributed by atoms with Crippen molar-refractivity contribution in [3.8, 4) is 0 Å². The van der Waals surface area contributed by atoms with Gasteiger partial charge in [0.05, 0.1) is 0 Å². The number of hydrogen-bond donors (Lipinski definition) is 2. The number of carbonyl (C=O) groups excluding carboxylic acids is 1. The molecular weight excluding hydrogens is 275 g/mol. The predicted octanol–water partition coefficient (Wildman–Crippen LogP) is 3.26. The first-order valence-corrected chi connectivity index (χ1v) is 7.29. The Morgan fingerprint density at radius 1 is 1.30 bits per heavy atom. The van der Waals surface area contributed by atoms with Crippen LogP contribution in [0.5, 0.6) is 0 Å². The van der Waals surface area contributed by atoms with Crippen LogP contribution in [0.3, 0.4) is 0 Å². The van der Waals surface area contributed by atoms with E-state index >= 15 is 0 Å². The Balaban J connectivity index is 2.13. The summed E-state index contributed by atoms with van der Waals surface area (Å²) in [5.41, 5.74) is 6.82. The fraction of sp³-hybridized carbons (Fsp3) is 0.133. The van der Waals surface area contributed by atoms with Crippen molar-refractivity contribution in [2.45, 2.75) is 11.4 Å². The van der Waals surface area contributed by atoms with Crippen molar-refractivity contribution >= 4 is 23.4 Å². The Labute approximate surface area is 121 Å². The second kappa shape index (κ2) is 6.43. The van der Waals surface area contributed by atoms with Gasteiger partial charge in [0.25, 0.3) is 0 Å². The van der Waals surface area contributed by atoms with Gasteiger partial charge in [0.1, 0.15) is 5.82 Å². The average molecular weight is 290 g/mol. The number of anilines is 1. The molecule has 3 N–H and O–H groups in total. The van der Waals surface area contributed by atoms with Crippen LogP contribution in [0.15, 0.2) is 47.4 Å². The van der Waals surface area contributed by atoms with Gasteiger partial charge in [0, 0.05) is 28.3 Å². The predicted molar refractivity (Wildman–Crippen MR) is 80.5 cm³/mol. The molecule has 0 radical (unpaired) electrons. The zero-order chi connectivity index (χ0) is 14.5. The van der Waals surface area contributed by atoms with Crippen LogP contribution in [-0.2, 0) is 6.54 Å². The monoisotopic (exact) mass is 290 g/mol. The van der Waals surface area contributed by atoms with E-state index in [1.807, 2.05) is 30.5 Å². The maximum Gasteiger partial charge on any atom is 0.248 e. The lowest BCUT2D eigenvalue weighted by molar-refractivity contribution is 0.1000. The van der Waals surface area contributed by atoms with Crippen LogP contribution >= 0.6 is 11.8 Å². The highest BCUT2D eigenvalue weighted by molar-refractivity contribution is 7.98. The number of nitrogens with one attached hydrogen (secondary N) is 1. The lowest BCUT2D eigenvalue weighted by atomic mass is 10.1. The van der Waals surface area contributed by atoms with Crippen molar-refractivity contribution in [1.29, 1.82) is 0 Å². The molecule has 0 saturated carbocycles. The van der Waals surface area contributed by atoms with Gasteiger partial charge in [-0.2, -0.15) is 0 Å². The molecule has 20 heavy (non-hydrogen) atoms. The first-order valence-electron chi connectivity index (χ1n) is 6.06. The molecule has 0 spiro atoms. The molecule has 0 unspecified atom stereocenters. The molecule has 0 heterocycles. The molecule has 0 aliphatic carbocycles. The number of benzene rings is 2. The van der Waals surface area contributed by atoms with Crippen molar-refractivity contribution in [2.24, 2.45) is 5.73 Å². The zero-order valence-corrected chi connectivity index (χ0v) is 11.8. The van der Waals surface area contributed by atoms with Crippen molar-refractivity contribution in [3.63, 3.8) is 0 Å². The molecule has 2 rings (SSSR count). The number of hydrogen-bond acceptors (Lipinski definition) is 3. The maximum absolute atomic E-state index is 13.7. The molecule has 2 aromatic carbocycles. The van der Waals surface area contributed by atoms with Gasteiger partial charge in [-0.3, -0.25) is 4.79 Å². The minimum Gasteiger partial charge on any atom is -0.381 e. The van der Waals surface area contributed by atoms with Crippen molar-refractivity contribution in [3.05, 3.63) is 59.4 Å². The van der Waals surface area contributed by atoms with Crippen LogP contribution < -0.4 is 11.1 Å². The quantitative estimate of drug-likeness (QED) is 0.831. The van der Waals surface area contributed by atoms with Crippen LogP contribution in [0.1, 0.15) is 15.9 Å². The van der Waals surface area contributed by atoms with E-state index in [-0.39, 0.29) is 5.82 Å². The van der Waals surface area contributed by atoms with Crippen molar-refractivity contribution in [1.82, 2.24) is 0 Å². The van der Waals surface area contributed by atoms with E-state index in [9.17, 15) is 9.18 Å². The van der Waals surface area contributed by atoms with Crippen LogP contribution in [-0.4, -0.2) is 12.2 Å². The van der Waals surface area contributed by atoms with Gasteiger partial charge in [-0.05, 0) is 42.7 Å². The number of thioether (sulfide) groups is 1. The Kier molecular flexibility index (Phi) is 4.63. The molecule has 0 aliphatic heterocycles. The highest BCUT2D eigenvalue weighted by Gasteiger charge is 2.07. The number of amides is 1. The van der Waals surface area contributed by atoms with Crippen LogP contribution in [0.2, 0.25) is 0 Å². The molecule has 104 valence electrons. The summed E-state index contributed by atoms with van der Waals surface area (Å²) in [5.74, 6) is -0.917. The minimum absolute atomic E-state index is 0.296. The third-order valence-corrected chi connectivity index (χ3v) is 3.61. The Bertz CT molecular complexity index is 631. The van der Waals surface area contributed by atoms with Gasteiger partial charge >= 0.3 is 0 Å². The molecule has 0 saturated heterocycles. The van der Waals surface area contributed by atoms with E-state index in [1.165, 1.54) is 18.2 Å². The molecule has 3 nitrogen and oxygen atoms in total. The second-order valence-electron chi connectivity index (χ2n) is 4.26. The topological polar surface area (TPSA) is 55.1 Å². The highest BCUT2D eigenvalue weighted by Crippen LogP contribution is 2.20. The summed E-state index contributed by atoms with van der Waals surface area (Å²) in [6, 6.07) is 12.0. The standard InChI is InChI=1S/C15H15FN2OS/c1-20-13-4-2-3-12(8-13)18-9-11-7-10(15(17)19)5-6-14(11)16/h2-8,18H,9H2,1H3,(H2,17,19). The lowest BCUT2D eigenvalue weighted by Gasteiger charge is -2.09. The van der Waals surface area contributed by atoms with E-state index < -0.39 is 5.91 Å². The molecule has 1 amide bonds. The van der Waals surface area contributed by atoms with Gasteiger partial charge < -0.3 is 11.1 Å². The van der Waals surface area contributed by atoms with E-state index in [1.54, 1.807) is 11.8 Å². The van der Waals surface area contributed by atoms with Crippen molar-refractivity contribution < 1.29 is 9.18 Å². The number of primary amides is 1. The van der Waals surface area contributed by atoms with Crippen molar-refractivity contribution in [2.75, 3.05) is 11.6 Å². The van der Waals surface area contributed by atoms with E-state index in [0.29, 0.717) is 17.7 Å². The molecular formula is C15H15FN2OS. The van der Waals surface area contributed by atoms with Gasteiger partial charge in [0.2, 0.25) is 5.91 Å². The molecule has 0 bridgehead atoms. The summed E-state index contributed by atoms with van der Waals surface area (Å²) in [6.45, 7) is 0.296. The second-order valence-corrected chi connectivity index (χ2v) is 5.14. The fourth-order valence-corrected chi connectivity index (χ4v) is 2.25.